The van der Waals surface area contributed by atoms with Crippen LogP contribution in [0.4, 0.5) is 0 Å². The maximum Gasteiger partial charge on any atom is 0.189 e. The first-order valence-corrected chi connectivity index (χ1v) is 6.32. The van der Waals surface area contributed by atoms with Gasteiger partial charge in [-0.25, -0.2) is 0 Å². The van der Waals surface area contributed by atoms with Crippen molar-refractivity contribution in [1.29, 1.82) is 0 Å². The molecule has 0 aliphatic carbocycles. The number of allylic oxidation sites excluding steroid dienone is 1. The van der Waals surface area contributed by atoms with Crippen LogP contribution in [-0.4, -0.2) is 15.9 Å². The number of carbonyl (C=O) groups excluding carboxylic acids is 1. The lowest BCUT2D eigenvalue weighted by atomic mass is 10.1. The molecule has 0 radical (unpaired) electrons. The highest BCUT2D eigenvalue weighted by Crippen LogP contribution is 2.18. The minimum Gasteiger partial charge on any atom is -0.507 e. The maximum absolute atomic E-state index is 12.0. The standard InChI is InChI=1S/C17H13NO2/c19-16-8-4-2-6-14(16)17(20)10-9-13-11-12-5-1-3-7-15(12)18-13/h1-11,18-19H/b10-9-. The number of hydrogen-bond acceptors (Lipinski definition) is 2. The zero-order valence-corrected chi connectivity index (χ0v) is 10.7. The van der Waals surface area contributed by atoms with E-state index in [2.05, 4.69) is 4.98 Å². The second-order valence-corrected chi connectivity index (χ2v) is 4.53. The summed E-state index contributed by atoms with van der Waals surface area (Å²) in [7, 11) is 0. The third kappa shape index (κ3) is 2.34. The zero-order chi connectivity index (χ0) is 13.9. The molecule has 0 atom stereocenters. The van der Waals surface area contributed by atoms with E-state index >= 15 is 0 Å². The third-order valence-electron chi connectivity index (χ3n) is 3.13. The number of nitrogens with one attached hydrogen (secondary N) is 1. The Morgan fingerprint density at radius 3 is 2.60 bits per heavy atom. The van der Waals surface area contributed by atoms with Crippen molar-refractivity contribution in [3.05, 3.63) is 71.9 Å². The number of ketones is 1. The van der Waals surface area contributed by atoms with Crippen molar-refractivity contribution in [3.8, 4) is 5.75 Å². The molecule has 0 aliphatic rings. The van der Waals surface area contributed by atoms with Crippen LogP contribution in [-0.2, 0) is 0 Å². The molecule has 3 aromatic rings. The second-order valence-electron chi connectivity index (χ2n) is 4.53. The van der Waals surface area contributed by atoms with E-state index in [0.717, 1.165) is 16.6 Å². The number of H-pyrrole nitrogens is 1. The lowest BCUT2D eigenvalue weighted by Gasteiger charge is -1.98. The summed E-state index contributed by atoms with van der Waals surface area (Å²) in [5, 5.41) is 10.7. The third-order valence-corrected chi connectivity index (χ3v) is 3.13. The van der Waals surface area contributed by atoms with Gasteiger partial charge in [-0.15, -0.1) is 0 Å². The number of benzene rings is 2. The normalized spacial score (nSPS) is 11.2. The van der Waals surface area contributed by atoms with E-state index in [-0.39, 0.29) is 11.5 Å². The van der Waals surface area contributed by atoms with E-state index < -0.39 is 0 Å². The molecular formula is C17H13NO2. The molecule has 3 heteroatoms. The molecule has 3 rings (SSSR count). The van der Waals surface area contributed by atoms with Gasteiger partial charge in [0.15, 0.2) is 5.78 Å². The molecule has 0 saturated heterocycles. The van der Waals surface area contributed by atoms with Crippen molar-refractivity contribution in [2.45, 2.75) is 0 Å². The Labute approximate surface area is 116 Å². The Morgan fingerprint density at radius 1 is 1.05 bits per heavy atom. The molecular weight excluding hydrogens is 250 g/mol. The van der Waals surface area contributed by atoms with Crippen molar-refractivity contribution in [3.63, 3.8) is 0 Å². The molecule has 1 heterocycles. The predicted octanol–water partition coefficient (Wildman–Crippen LogP) is 3.77. The summed E-state index contributed by atoms with van der Waals surface area (Å²) in [5.74, 6) is -0.222. The Bertz CT molecular complexity index is 766. The molecule has 20 heavy (non-hydrogen) atoms. The Morgan fingerprint density at radius 2 is 1.80 bits per heavy atom. The smallest absolute Gasteiger partial charge is 0.189 e. The molecule has 0 amide bonds. The van der Waals surface area contributed by atoms with Gasteiger partial charge >= 0.3 is 0 Å². The highest BCUT2D eigenvalue weighted by molar-refractivity contribution is 6.08. The van der Waals surface area contributed by atoms with Gasteiger partial charge < -0.3 is 10.1 Å². The number of aromatic nitrogens is 1. The minimum atomic E-state index is -0.221. The Kier molecular flexibility index (Phi) is 3.09. The number of phenols is 1. The molecule has 0 unspecified atom stereocenters. The number of aromatic hydroxyl groups is 1. The van der Waals surface area contributed by atoms with Crippen LogP contribution in [0, 0.1) is 0 Å². The molecule has 0 spiro atoms. The highest BCUT2D eigenvalue weighted by atomic mass is 16.3. The average molecular weight is 263 g/mol. The van der Waals surface area contributed by atoms with Crippen LogP contribution >= 0.6 is 0 Å². The zero-order valence-electron chi connectivity index (χ0n) is 10.7. The van der Waals surface area contributed by atoms with Crippen LogP contribution in [0.2, 0.25) is 0 Å². The SMILES string of the molecule is O=C(/C=C\c1cc2ccccc2[nH]1)c1ccccc1O. The highest BCUT2D eigenvalue weighted by Gasteiger charge is 2.06. The lowest BCUT2D eigenvalue weighted by Crippen LogP contribution is -1.94. The molecule has 0 bridgehead atoms. The summed E-state index contributed by atoms with van der Waals surface area (Å²) < 4.78 is 0. The number of para-hydroxylation sites is 2. The molecule has 1 aromatic heterocycles. The van der Waals surface area contributed by atoms with Crippen molar-refractivity contribution < 1.29 is 9.90 Å². The van der Waals surface area contributed by atoms with E-state index in [1.54, 1.807) is 24.3 Å². The van der Waals surface area contributed by atoms with E-state index in [0.29, 0.717) is 5.56 Å². The minimum absolute atomic E-state index is 0.00111. The van der Waals surface area contributed by atoms with Gasteiger partial charge in [-0.1, -0.05) is 30.3 Å². The van der Waals surface area contributed by atoms with Gasteiger partial charge in [0.25, 0.3) is 0 Å². The number of hydrogen-bond donors (Lipinski definition) is 2. The Balaban J connectivity index is 1.87. The van der Waals surface area contributed by atoms with Gasteiger partial charge in [-0.05, 0) is 41.8 Å². The predicted molar refractivity (Wildman–Crippen MR) is 79.8 cm³/mol. The van der Waals surface area contributed by atoms with Gasteiger partial charge in [-0.2, -0.15) is 0 Å². The summed E-state index contributed by atoms with van der Waals surface area (Å²) >= 11 is 0. The molecule has 2 aromatic carbocycles. The number of phenolic OH excluding ortho intramolecular Hbond substituents is 1. The monoisotopic (exact) mass is 263 g/mol. The van der Waals surface area contributed by atoms with Crippen LogP contribution in [0.1, 0.15) is 16.1 Å². The molecule has 0 aliphatic heterocycles. The largest absolute Gasteiger partial charge is 0.507 e. The van der Waals surface area contributed by atoms with Crippen molar-refractivity contribution in [2.24, 2.45) is 0 Å². The summed E-state index contributed by atoms with van der Waals surface area (Å²) in [6.45, 7) is 0. The van der Waals surface area contributed by atoms with E-state index in [4.69, 9.17) is 0 Å². The number of rotatable bonds is 3. The van der Waals surface area contributed by atoms with Crippen LogP contribution < -0.4 is 0 Å². The summed E-state index contributed by atoms with van der Waals surface area (Å²) in [6.07, 6.45) is 3.18. The summed E-state index contributed by atoms with van der Waals surface area (Å²) in [6, 6.07) is 16.4. The van der Waals surface area contributed by atoms with E-state index in [1.165, 1.54) is 12.1 Å². The van der Waals surface area contributed by atoms with Crippen molar-refractivity contribution in [1.82, 2.24) is 4.98 Å². The topological polar surface area (TPSA) is 53.1 Å². The number of fused-ring (bicyclic) bond motifs is 1. The fourth-order valence-corrected chi connectivity index (χ4v) is 2.12. The van der Waals surface area contributed by atoms with Crippen LogP contribution in [0.15, 0.2) is 60.7 Å². The molecule has 2 N–H and O–H groups in total. The maximum atomic E-state index is 12.0. The molecule has 0 fully saturated rings. The Hall–Kier alpha value is -2.81. The second kappa shape index (κ2) is 5.05. The van der Waals surface area contributed by atoms with Crippen molar-refractivity contribution >= 4 is 22.8 Å². The fourth-order valence-electron chi connectivity index (χ4n) is 2.12. The quantitative estimate of drug-likeness (QED) is 0.558. The summed E-state index contributed by atoms with van der Waals surface area (Å²) in [5.41, 5.74) is 2.19. The fraction of sp³-hybridized carbons (Fsp3) is 0. The van der Waals surface area contributed by atoms with Crippen LogP contribution in [0.5, 0.6) is 5.75 Å². The van der Waals surface area contributed by atoms with Gasteiger partial charge in [0.1, 0.15) is 5.75 Å². The summed E-state index contributed by atoms with van der Waals surface area (Å²) in [4.78, 5) is 15.2. The van der Waals surface area contributed by atoms with Crippen LogP contribution in [0.25, 0.3) is 17.0 Å². The first-order valence-electron chi connectivity index (χ1n) is 6.32. The first kappa shape index (κ1) is 12.2. The number of carbonyl (C=O) groups is 1. The molecule has 98 valence electrons. The lowest BCUT2D eigenvalue weighted by molar-refractivity contribution is 0.104. The van der Waals surface area contributed by atoms with Crippen molar-refractivity contribution in [2.75, 3.05) is 0 Å². The van der Waals surface area contributed by atoms with Gasteiger partial charge in [0.05, 0.1) is 5.56 Å². The van der Waals surface area contributed by atoms with Gasteiger partial charge in [0, 0.05) is 11.2 Å². The van der Waals surface area contributed by atoms with Gasteiger partial charge in [-0.3, -0.25) is 4.79 Å². The first-order chi connectivity index (χ1) is 9.74. The van der Waals surface area contributed by atoms with Gasteiger partial charge in [0.2, 0.25) is 0 Å². The molecule has 3 nitrogen and oxygen atoms in total. The average Bonchev–Trinajstić information content (AvgIpc) is 2.88. The molecule has 0 saturated carbocycles. The van der Waals surface area contributed by atoms with Crippen LogP contribution in [0.3, 0.4) is 0 Å². The number of aromatic amines is 1. The van der Waals surface area contributed by atoms with E-state index in [9.17, 15) is 9.90 Å². The van der Waals surface area contributed by atoms with E-state index in [1.807, 2.05) is 30.3 Å².